The van der Waals surface area contributed by atoms with Gasteiger partial charge in [-0.3, -0.25) is 4.68 Å². The lowest BCUT2D eigenvalue weighted by molar-refractivity contribution is 0.0695. The van der Waals surface area contributed by atoms with Gasteiger partial charge in [0.2, 0.25) is 0 Å². The number of carbonyl (C=O) groups is 2. The van der Waals surface area contributed by atoms with Gasteiger partial charge in [-0.25, -0.2) is 9.59 Å². The van der Waals surface area contributed by atoms with Gasteiger partial charge in [0.25, 0.3) is 0 Å². The second-order valence-electron chi connectivity index (χ2n) is 6.64. The molecule has 0 radical (unpaired) electrons. The number of carboxylic acid groups (broad SMARTS) is 1. The molecule has 0 aliphatic carbocycles. The lowest BCUT2D eigenvalue weighted by Gasteiger charge is -2.32. The van der Waals surface area contributed by atoms with E-state index in [9.17, 15) is 14.7 Å². The molecule has 1 aromatic carbocycles. The van der Waals surface area contributed by atoms with Crippen LogP contribution in [0.25, 0.3) is 0 Å². The summed E-state index contributed by atoms with van der Waals surface area (Å²) in [7, 11) is 1.72. The number of benzene rings is 1. The van der Waals surface area contributed by atoms with Crippen LogP contribution in [-0.4, -0.2) is 51.0 Å². The van der Waals surface area contributed by atoms with Gasteiger partial charge in [0, 0.05) is 32.7 Å². The maximum Gasteiger partial charge on any atom is 0.410 e. The highest BCUT2D eigenvalue weighted by Crippen LogP contribution is 2.14. The second-order valence-corrected chi connectivity index (χ2v) is 6.64. The predicted molar refractivity (Wildman–Crippen MR) is 98.2 cm³/mol. The number of ether oxygens (including phenoxy) is 1. The van der Waals surface area contributed by atoms with E-state index in [2.05, 4.69) is 10.4 Å². The molecule has 1 aromatic heterocycles. The van der Waals surface area contributed by atoms with E-state index in [0.717, 1.165) is 18.4 Å². The highest BCUT2D eigenvalue weighted by Gasteiger charge is 2.25. The molecule has 0 saturated carbocycles. The molecule has 2 heterocycles. The van der Waals surface area contributed by atoms with Gasteiger partial charge in [-0.05, 0) is 18.4 Å². The van der Waals surface area contributed by atoms with Crippen molar-refractivity contribution in [2.24, 2.45) is 7.05 Å². The van der Waals surface area contributed by atoms with Crippen molar-refractivity contribution in [1.29, 1.82) is 0 Å². The molecule has 2 N–H and O–H groups in total. The van der Waals surface area contributed by atoms with Crippen molar-refractivity contribution in [2.45, 2.75) is 32.0 Å². The van der Waals surface area contributed by atoms with Gasteiger partial charge < -0.3 is 20.1 Å². The first kappa shape index (κ1) is 18.9. The number of aryl methyl sites for hydroxylation is 1. The number of carbonyl (C=O) groups excluding carboxylic acids is 1. The van der Waals surface area contributed by atoms with Gasteiger partial charge in [-0.1, -0.05) is 30.3 Å². The number of likely N-dealkylation sites (tertiary alicyclic amines) is 1. The van der Waals surface area contributed by atoms with Crippen molar-refractivity contribution in [3.8, 4) is 0 Å². The van der Waals surface area contributed by atoms with E-state index in [4.69, 9.17) is 4.74 Å². The van der Waals surface area contributed by atoms with Crippen molar-refractivity contribution in [1.82, 2.24) is 20.0 Å². The molecule has 0 spiro atoms. The van der Waals surface area contributed by atoms with E-state index in [1.807, 2.05) is 30.3 Å². The molecule has 1 unspecified atom stereocenters. The third-order valence-corrected chi connectivity index (χ3v) is 4.73. The first-order chi connectivity index (χ1) is 13.0. The summed E-state index contributed by atoms with van der Waals surface area (Å²) >= 11 is 0. The lowest BCUT2D eigenvalue weighted by atomic mass is 10.1. The maximum atomic E-state index is 12.3. The monoisotopic (exact) mass is 372 g/mol. The molecule has 144 valence electrons. The van der Waals surface area contributed by atoms with Gasteiger partial charge in [-0.2, -0.15) is 5.10 Å². The number of nitrogens with one attached hydrogen (secondary N) is 1. The fourth-order valence-electron chi connectivity index (χ4n) is 3.21. The zero-order valence-electron chi connectivity index (χ0n) is 15.3. The number of rotatable bonds is 6. The van der Waals surface area contributed by atoms with Crippen LogP contribution in [0, 0.1) is 0 Å². The van der Waals surface area contributed by atoms with Crippen LogP contribution in [0.2, 0.25) is 0 Å². The first-order valence-electron chi connectivity index (χ1n) is 8.97. The zero-order chi connectivity index (χ0) is 19.2. The van der Waals surface area contributed by atoms with Crippen molar-refractivity contribution < 1.29 is 19.4 Å². The van der Waals surface area contributed by atoms with E-state index in [-0.39, 0.29) is 24.3 Å². The predicted octanol–water partition coefficient (Wildman–Crippen LogP) is 2.01. The summed E-state index contributed by atoms with van der Waals surface area (Å²) in [6, 6.07) is 9.66. The second kappa shape index (κ2) is 8.68. The zero-order valence-corrected chi connectivity index (χ0v) is 15.3. The molecule has 1 aliphatic rings. The Balaban J connectivity index is 1.51. The summed E-state index contributed by atoms with van der Waals surface area (Å²) in [6.07, 6.45) is 2.82. The van der Waals surface area contributed by atoms with Crippen LogP contribution in [0.3, 0.4) is 0 Å². The van der Waals surface area contributed by atoms with Gasteiger partial charge in [0.1, 0.15) is 12.2 Å². The summed E-state index contributed by atoms with van der Waals surface area (Å²) < 4.78 is 6.96. The molecular weight excluding hydrogens is 348 g/mol. The third-order valence-electron chi connectivity index (χ3n) is 4.73. The van der Waals surface area contributed by atoms with Gasteiger partial charge in [-0.15, -0.1) is 0 Å². The number of carboxylic acids is 1. The number of amides is 1. The Morgan fingerprint density at radius 3 is 2.85 bits per heavy atom. The van der Waals surface area contributed by atoms with E-state index < -0.39 is 5.97 Å². The minimum absolute atomic E-state index is 0.0829. The van der Waals surface area contributed by atoms with Gasteiger partial charge in [0.05, 0.1) is 11.9 Å². The van der Waals surface area contributed by atoms with Gasteiger partial charge in [0.15, 0.2) is 0 Å². The Morgan fingerprint density at radius 2 is 2.11 bits per heavy atom. The Morgan fingerprint density at radius 1 is 1.33 bits per heavy atom. The molecule has 2 aromatic rings. The molecular formula is C19H24N4O4. The van der Waals surface area contributed by atoms with Crippen LogP contribution in [0.5, 0.6) is 0 Å². The van der Waals surface area contributed by atoms with Crippen LogP contribution >= 0.6 is 0 Å². The summed E-state index contributed by atoms with van der Waals surface area (Å²) in [5.41, 5.74) is 1.76. The molecule has 1 fully saturated rings. The molecule has 1 saturated heterocycles. The normalized spacial score (nSPS) is 16.9. The van der Waals surface area contributed by atoms with Crippen LogP contribution in [0.1, 0.15) is 34.5 Å². The fraction of sp³-hybridized carbons (Fsp3) is 0.421. The Kier molecular flexibility index (Phi) is 6.08. The van der Waals surface area contributed by atoms with Crippen molar-refractivity contribution in [3.63, 3.8) is 0 Å². The number of hydrogen-bond acceptors (Lipinski definition) is 5. The van der Waals surface area contributed by atoms with Crippen molar-refractivity contribution >= 4 is 12.1 Å². The minimum Gasteiger partial charge on any atom is -0.478 e. The number of piperidine rings is 1. The quantitative estimate of drug-likeness (QED) is 0.805. The van der Waals surface area contributed by atoms with Crippen LogP contribution in [-0.2, 0) is 24.9 Å². The minimum atomic E-state index is -0.991. The molecule has 1 aliphatic heterocycles. The molecule has 8 nitrogen and oxygen atoms in total. The average molecular weight is 372 g/mol. The largest absolute Gasteiger partial charge is 0.478 e. The summed E-state index contributed by atoms with van der Waals surface area (Å²) in [6.45, 7) is 1.84. The topological polar surface area (TPSA) is 96.7 Å². The van der Waals surface area contributed by atoms with Crippen LogP contribution in [0.15, 0.2) is 36.5 Å². The fourth-order valence-corrected chi connectivity index (χ4v) is 3.21. The number of aromatic nitrogens is 2. The molecule has 1 atom stereocenters. The number of aromatic carboxylic acids is 1. The van der Waals surface area contributed by atoms with Gasteiger partial charge >= 0.3 is 12.1 Å². The summed E-state index contributed by atoms with van der Waals surface area (Å²) in [5, 5.41) is 16.6. The number of nitrogens with zero attached hydrogens (tertiary/aromatic N) is 3. The Labute approximate surface area is 157 Å². The maximum absolute atomic E-state index is 12.3. The lowest BCUT2D eigenvalue weighted by Crippen LogP contribution is -2.48. The standard InChI is InChI=1S/C19H24N4O4/c1-22-17(16(10-21-22)18(24)25)11-20-15-8-5-9-23(12-15)19(26)27-13-14-6-3-2-4-7-14/h2-4,6-7,10,15,20H,5,8-9,11-13H2,1H3,(H,24,25). The van der Waals surface area contributed by atoms with E-state index in [1.165, 1.54) is 6.20 Å². The van der Waals surface area contributed by atoms with E-state index in [0.29, 0.717) is 25.3 Å². The first-order valence-corrected chi connectivity index (χ1v) is 8.97. The Bertz CT molecular complexity index is 790. The molecule has 27 heavy (non-hydrogen) atoms. The highest BCUT2D eigenvalue weighted by molar-refractivity contribution is 5.88. The van der Waals surface area contributed by atoms with Crippen molar-refractivity contribution in [3.05, 3.63) is 53.3 Å². The molecule has 3 rings (SSSR count). The highest BCUT2D eigenvalue weighted by atomic mass is 16.6. The SMILES string of the molecule is Cn1ncc(C(=O)O)c1CNC1CCCN(C(=O)OCc2ccccc2)C1. The average Bonchev–Trinajstić information content (AvgIpc) is 3.06. The third kappa shape index (κ3) is 4.85. The molecule has 1 amide bonds. The van der Waals surface area contributed by atoms with Crippen molar-refractivity contribution in [2.75, 3.05) is 13.1 Å². The summed E-state index contributed by atoms with van der Waals surface area (Å²) in [4.78, 5) is 25.3. The Hall–Kier alpha value is -2.87. The summed E-state index contributed by atoms with van der Waals surface area (Å²) in [5.74, 6) is -0.991. The molecule has 0 bridgehead atoms. The van der Waals surface area contributed by atoms with E-state index >= 15 is 0 Å². The van der Waals surface area contributed by atoms with Crippen LogP contribution in [0.4, 0.5) is 4.79 Å². The van der Waals surface area contributed by atoms with Crippen LogP contribution < -0.4 is 5.32 Å². The smallest absolute Gasteiger partial charge is 0.410 e. The van der Waals surface area contributed by atoms with E-state index in [1.54, 1.807) is 16.6 Å². The number of hydrogen-bond donors (Lipinski definition) is 2. The molecule has 8 heteroatoms.